The van der Waals surface area contributed by atoms with Gasteiger partial charge in [-0.25, -0.2) is 0 Å². The first-order chi connectivity index (χ1) is 12.4. The Bertz CT molecular complexity index is 329. The van der Waals surface area contributed by atoms with Crippen molar-refractivity contribution in [2.75, 3.05) is 0 Å². The van der Waals surface area contributed by atoms with Crippen molar-refractivity contribution in [1.82, 2.24) is 5.32 Å². The van der Waals surface area contributed by atoms with Crippen molar-refractivity contribution in [3.8, 4) is 0 Å². The minimum Gasteiger partial charge on any atom is -0.379 e. The van der Waals surface area contributed by atoms with Gasteiger partial charge in [0.15, 0.2) is 11.5 Å². The third-order valence-corrected chi connectivity index (χ3v) is 5.04. The number of ketones is 1. The van der Waals surface area contributed by atoms with Crippen molar-refractivity contribution in [2.45, 2.75) is 135 Å². The summed E-state index contributed by atoms with van der Waals surface area (Å²) in [6, 6.07) is 0. The van der Waals surface area contributed by atoms with Gasteiger partial charge in [0.1, 0.15) is 6.23 Å². The Morgan fingerprint density at radius 3 is 1.50 bits per heavy atom. The third kappa shape index (κ3) is 15.8. The van der Waals surface area contributed by atoms with E-state index >= 15 is 0 Å². The molecule has 4 nitrogen and oxygen atoms in total. The van der Waals surface area contributed by atoms with Crippen molar-refractivity contribution < 1.29 is 15.0 Å². The second-order valence-corrected chi connectivity index (χ2v) is 8.02. The molecule has 156 valence electrons. The predicted octanol–water partition coefficient (Wildman–Crippen LogP) is 5.45. The number of carbonyl (C=O) groups excluding carboxylic acids is 1. The molecule has 0 aromatic heterocycles. The summed E-state index contributed by atoms with van der Waals surface area (Å²) < 4.78 is 0. The van der Waals surface area contributed by atoms with E-state index in [1.165, 1.54) is 90.9 Å². The lowest BCUT2D eigenvalue weighted by Gasteiger charge is -2.25. The predicted molar refractivity (Wildman–Crippen MR) is 110 cm³/mol. The maximum atomic E-state index is 11.9. The van der Waals surface area contributed by atoms with Crippen molar-refractivity contribution in [3.63, 3.8) is 0 Å². The highest BCUT2D eigenvalue weighted by Crippen LogP contribution is 2.14. The van der Waals surface area contributed by atoms with E-state index in [0.29, 0.717) is 6.42 Å². The molecule has 0 aromatic rings. The first kappa shape index (κ1) is 25.6. The second-order valence-electron chi connectivity index (χ2n) is 8.02. The van der Waals surface area contributed by atoms with Crippen LogP contribution in [0.5, 0.6) is 0 Å². The van der Waals surface area contributed by atoms with E-state index in [1.807, 2.05) is 0 Å². The monoisotopic (exact) mass is 371 g/mol. The Balaban J connectivity index is 3.33. The van der Waals surface area contributed by atoms with Crippen LogP contribution in [0, 0.1) is 0 Å². The van der Waals surface area contributed by atoms with Gasteiger partial charge in [0.2, 0.25) is 0 Å². The van der Waals surface area contributed by atoms with E-state index in [4.69, 9.17) is 0 Å². The van der Waals surface area contributed by atoms with Gasteiger partial charge >= 0.3 is 0 Å². The Morgan fingerprint density at radius 2 is 1.15 bits per heavy atom. The van der Waals surface area contributed by atoms with Crippen LogP contribution in [-0.4, -0.2) is 27.9 Å². The minimum absolute atomic E-state index is 0.243. The van der Waals surface area contributed by atoms with Crippen molar-refractivity contribution in [1.29, 1.82) is 0 Å². The van der Waals surface area contributed by atoms with Crippen LogP contribution in [0.1, 0.15) is 124 Å². The number of rotatable bonds is 19. The Hall–Kier alpha value is -0.450. The van der Waals surface area contributed by atoms with Crippen LogP contribution in [0.15, 0.2) is 0 Å². The maximum absolute atomic E-state index is 11.9. The number of nitrogens with one attached hydrogen (secondary N) is 1. The molecule has 0 aliphatic carbocycles. The van der Waals surface area contributed by atoms with Crippen LogP contribution in [-0.2, 0) is 4.79 Å². The normalized spacial score (nSPS) is 15.0. The molecule has 2 unspecified atom stereocenters. The highest BCUT2D eigenvalue weighted by molar-refractivity contribution is 5.86. The fourth-order valence-corrected chi connectivity index (χ4v) is 3.39. The zero-order valence-electron chi connectivity index (χ0n) is 17.7. The molecular weight excluding hydrogens is 326 g/mol. The Labute approximate surface area is 162 Å². The Kier molecular flexibility index (Phi) is 16.4. The van der Waals surface area contributed by atoms with Crippen LogP contribution in [0.25, 0.3) is 0 Å². The van der Waals surface area contributed by atoms with Gasteiger partial charge in [0.25, 0.3) is 0 Å². The molecule has 3 N–H and O–H groups in total. The molecule has 0 amide bonds. The number of aliphatic hydroxyl groups excluding tert-OH is 1. The molecule has 0 fully saturated rings. The first-order valence-electron chi connectivity index (χ1n) is 11.1. The molecule has 0 saturated carbocycles. The highest BCUT2D eigenvalue weighted by atomic mass is 16.3. The summed E-state index contributed by atoms with van der Waals surface area (Å²) >= 11 is 0. The van der Waals surface area contributed by atoms with Gasteiger partial charge in [-0.05, 0) is 20.3 Å². The SMILES string of the molecule is CCCCCCCCCCCCCCCCCC(=O)C(C)(O)NC(C)O. The standard InChI is InChI=1S/C22H45NO3/c1-4-5-6-7-8-9-10-11-12-13-14-15-16-17-18-19-21(25)22(3,26)23-20(2)24/h20,23-24,26H,4-19H2,1-3H3. The van der Waals surface area contributed by atoms with Gasteiger partial charge in [-0.15, -0.1) is 0 Å². The van der Waals surface area contributed by atoms with E-state index in [2.05, 4.69) is 12.2 Å². The van der Waals surface area contributed by atoms with Crippen molar-refractivity contribution in [3.05, 3.63) is 0 Å². The van der Waals surface area contributed by atoms with E-state index < -0.39 is 12.0 Å². The molecule has 0 spiro atoms. The van der Waals surface area contributed by atoms with Crippen LogP contribution in [0.2, 0.25) is 0 Å². The van der Waals surface area contributed by atoms with Gasteiger partial charge in [-0.3, -0.25) is 10.1 Å². The average Bonchev–Trinajstić information content (AvgIpc) is 2.57. The fourth-order valence-electron chi connectivity index (χ4n) is 3.39. The summed E-state index contributed by atoms with van der Waals surface area (Å²) in [7, 11) is 0. The van der Waals surface area contributed by atoms with Gasteiger partial charge in [0, 0.05) is 6.42 Å². The highest BCUT2D eigenvalue weighted by Gasteiger charge is 2.29. The van der Waals surface area contributed by atoms with Crippen LogP contribution < -0.4 is 5.32 Å². The summed E-state index contributed by atoms with van der Waals surface area (Å²) in [5.74, 6) is -0.243. The largest absolute Gasteiger partial charge is 0.379 e. The number of hydrogen-bond donors (Lipinski definition) is 3. The number of unbranched alkanes of at least 4 members (excludes halogenated alkanes) is 14. The smallest absolute Gasteiger partial charge is 0.179 e. The lowest BCUT2D eigenvalue weighted by Crippen LogP contribution is -2.52. The van der Waals surface area contributed by atoms with E-state index in [-0.39, 0.29) is 5.78 Å². The van der Waals surface area contributed by atoms with Crippen LogP contribution in [0.3, 0.4) is 0 Å². The number of aliphatic hydroxyl groups is 2. The summed E-state index contributed by atoms with van der Waals surface area (Å²) in [4.78, 5) is 11.9. The zero-order valence-corrected chi connectivity index (χ0v) is 17.7. The summed E-state index contributed by atoms with van der Waals surface area (Å²) in [5.41, 5.74) is -1.62. The summed E-state index contributed by atoms with van der Waals surface area (Å²) in [5, 5.41) is 21.6. The van der Waals surface area contributed by atoms with Crippen LogP contribution >= 0.6 is 0 Å². The average molecular weight is 372 g/mol. The second kappa shape index (κ2) is 16.7. The molecule has 0 heterocycles. The lowest BCUT2D eigenvalue weighted by molar-refractivity contribution is -0.142. The number of carbonyl (C=O) groups is 1. The topological polar surface area (TPSA) is 69.6 Å². The van der Waals surface area contributed by atoms with Gasteiger partial charge in [-0.1, -0.05) is 96.8 Å². The molecule has 0 radical (unpaired) electrons. The molecule has 2 atom stereocenters. The Morgan fingerprint density at radius 1 is 0.808 bits per heavy atom. The molecule has 4 heteroatoms. The molecule has 26 heavy (non-hydrogen) atoms. The fraction of sp³-hybridized carbons (Fsp3) is 0.955. The molecule has 0 aliphatic rings. The molecule has 0 aliphatic heterocycles. The number of Topliss-reactive ketones (excluding diaryl/α,β-unsaturated/α-hetero) is 1. The first-order valence-corrected chi connectivity index (χ1v) is 11.1. The summed E-state index contributed by atoms with van der Waals surface area (Å²) in [6.07, 6.45) is 18.9. The lowest BCUT2D eigenvalue weighted by atomic mass is 10.0. The molecular formula is C22H45NO3. The maximum Gasteiger partial charge on any atom is 0.179 e. The zero-order chi connectivity index (χ0) is 19.7. The summed E-state index contributed by atoms with van der Waals surface area (Å²) in [6.45, 7) is 5.17. The van der Waals surface area contributed by atoms with E-state index in [1.54, 1.807) is 0 Å². The quantitative estimate of drug-likeness (QED) is 0.208. The van der Waals surface area contributed by atoms with Gasteiger partial charge < -0.3 is 10.2 Å². The van der Waals surface area contributed by atoms with Crippen molar-refractivity contribution >= 4 is 5.78 Å². The van der Waals surface area contributed by atoms with E-state index in [9.17, 15) is 15.0 Å². The molecule has 0 rings (SSSR count). The van der Waals surface area contributed by atoms with Crippen LogP contribution in [0.4, 0.5) is 0 Å². The molecule has 0 aromatic carbocycles. The third-order valence-electron chi connectivity index (χ3n) is 5.04. The van der Waals surface area contributed by atoms with Crippen molar-refractivity contribution in [2.24, 2.45) is 0 Å². The minimum atomic E-state index is -1.62. The molecule has 0 bridgehead atoms. The number of hydrogen-bond acceptors (Lipinski definition) is 4. The van der Waals surface area contributed by atoms with E-state index in [0.717, 1.165) is 19.3 Å². The molecule has 0 saturated heterocycles. The van der Waals surface area contributed by atoms with Gasteiger partial charge in [-0.2, -0.15) is 0 Å². The van der Waals surface area contributed by atoms with Gasteiger partial charge in [0.05, 0.1) is 0 Å².